The molecule has 1 amide bonds. The van der Waals surface area contributed by atoms with E-state index in [1.807, 2.05) is 25.1 Å². The molecule has 1 spiro atoms. The van der Waals surface area contributed by atoms with Gasteiger partial charge in [-0.15, -0.1) is 0 Å². The summed E-state index contributed by atoms with van der Waals surface area (Å²) in [6.07, 6.45) is 1.60. The summed E-state index contributed by atoms with van der Waals surface area (Å²) < 4.78 is 0. The van der Waals surface area contributed by atoms with Crippen LogP contribution in [0.5, 0.6) is 0 Å². The number of hydrogen-bond donors (Lipinski definition) is 2. The summed E-state index contributed by atoms with van der Waals surface area (Å²) in [7, 11) is 0. The van der Waals surface area contributed by atoms with Gasteiger partial charge in [0.05, 0.1) is 0 Å². The van der Waals surface area contributed by atoms with Crippen molar-refractivity contribution in [3.63, 3.8) is 0 Å². The number of hydrogen-bond acceptors (Lipinski definition) is 3. The lowest BCUT2D eigenvalue weighted by Crippen LogP contribution is -2.55. The minimum absolute atomic E-state index is 0.0670. The summed E-state index contributed by atoms with van der Waals surface area (Å²) in [6, 6.07) is 10.3. The normalized spacial score (nSPS) is 22.9. The predicted octanol–water partition coefficient (Wildman–Crippen LogP) is 1.12. The maximum atomic E-state index is 12.2. The van der Waals surface area contributed by atoms with Crippen LogP contribution in [0.2, 0.25) is 0 Å². The molecule has 2 aliphatic rings. The van der Waals surface area contributed by atoms with Gasteiger partial charge in [-0.3, -0.25) is 15.1 Å². The van der Waals surface area contributed by atoms with Crippen LogP contribution in [0.3, 0.4) is 0 Å². The molecule has 5 nitrogen and oxygen atoms in total. The summed E-state index contributed by atoms with van der Waals surface area (Å²) in [6.45, 7) is 4.40. The van der Waals surface area contributed by atoms with E-state index in [0.717, 1.165) is 25.9 Å². The maximum absolute atomic E-state index is 12.2. The topological polar surface area (TPSA) is 56.7 Å². The first kappa shape index (κ1) is 13.0. The molecule has 0 radical (unpaired) electrons. The van der Waals surface area contributed by atoms with E-state index in [2.05, 4.69) is 32.7 Å². The summed E-state index contributed by atoms with van der Waals surface area (Å²) in [4.78, 5) is 18.8. The van der Waals surface area contributed by atoms with Gasteiger partial charge in [0.15, 0.2) is 5.96 Å². The highest BCUT2D eigenvalue weighted by Crippen LogP contribution is 2.28. The lowest BCUT2D eigenvalue weighted by atomic mass is 9.87. The van der Waals surface area contributed by atoms with Crippen molar-refractivity contribution in [3.05, 3.63) is 30.3 Å². The second-order valence-corrected chi connectivity index (χ2v) is 5.31. The largest absolute Gasteiger partial charge is 0.371 e. The lowest BCUT2D eigenvalue weighted by Gasteiger charge is -2.38. The summed E-state index contributed by atoms with van der Waals surface area (Å²) in [5.41, 5.74) is 0.766. The van der Waals surface area contributed by atoms with Crippen LogP contribution >= 0.6 is 0 Å². The number of benzene rings is 1. The lowest BCUT2D eigenvalue weighted by molar-refractivity contribution is -0.124. The Bertz CT molecular complexity index is 518. The zero-order valence-corrected chi connectivity index (χ0v) is 11.7. The second-order valence-electron chi connectivity index (χ2n) is 5.31. The Labute approximate surface area is 119 Å². The number of nitrogens with one attached hydrogen (secondary N) is 2. The fraction of sp³-hybridized carbons (Fsp3) is 0.467. The van der Waals surface area contributed by atoms with Gasteiger partial charge in [0.2, 0.25) is 0 Å². The molecule has 20 heavy (non-hydrogen) atoms. The van der Waals surface area contributed by atoms with Gasteiger partial charge in [-0.2, -0.15) is 0 Å². The molecule has 0 saturated carbocycles. The number of aliphatic imine (C=N–C) groups is 1. The van der Waals surface area contributed by atoms with Crippen molar-refractivity contribution < 1.29 is 4.79 Å². The number of guanidine groups is 1. The number of carbonyl (C=O) groups excluding carboxylic acids is 1. The van der Waals surface area contributed by atoms with Gasteiger partial charge in [0.25, 0.3) is 5.91 Å². The van der Waals surface area contributed by atoms with Gasteiger partial charge in [0, 0.05) is 25.3 Å². The van der Waals surface area contributed by atoms with E-state index in [9.17, 15) is 4.79 Å². The van der Waals surface area contributed by atoms with Crippen LogP contribution < -0.4 is 15.5 Å². The maximum Gasteiger partial charge on any atom is 0.252 e. The second kappa shape index (κ2) is 5.15. The van der Waals surface area contributed by atoms with Crippen molar-refractivity contribution in [1.82, 2.24) is 10.6 Å². The molecule has 0 bridgehead atoms. The average Bonchev–Trinajstić information content (AvgIpc) is 2.77. The molecule has 1 aromatic carbocycles. The molecule has 0 aromatic heterocycles. The summed E-state index contributed by atoms with van der Waals surface area (Å²) >= 11 is 0. The molecular formula is C15H20N4O. The molecular weight excluding hydrogens is 252 g/mol. The van der Waals surface area contributed by atoms with Crippen molar-refractivity contribution in [2.24, 2.45) is 4.99 Å². The number of anilines is 1. The number of amides is 1. The Hall–Kier alpha value is -2.04. The third kappa shape index (κ3) is 2.24. The fourth-order valence-corrected chi connectivity index (χ4v) is 2.92. The SMILES string of the molecule is CCN=C1NC(=O)C2(CCN(c3ccccc3)CC2)N1. The van der Waals surface area contributed by atoms with E-state index in [4.69, 9.17) is 0 Å². The van der Waals surface area contributed by atoms with Crippen molar-refractivity contribution >= 4 is 17.6 Å². The van der Waals surface area contributed by atoms with E-state index in [1.54, 1.807) is 0 Å². The minimum Gasteiger partial charge on any atom is -0.371 e. The molecule has 1 aromatic rings. The Morgan fingerprint density at radius 2 is 1.95 bits per heavy atom. The Morgan fingerprint density at radius 1 is 1.25 bits per heavy atom. The molecule has 2 aliphatic heterocycles. The molecule has 106 valence electrons. The summed E-state index contributed by atoms with van der Waals surface area (Å²) in [5.74, 6) is 0.697. The molecule has 5 heteroatoms. The molecule has 3 rings (SSSR count). The molecule has 0 atom stereocenters. The Balaban J connectivity index is 1.69. The smallest absolute Gasteiger partial charge is 0.252 e. The predicted molar refractivity (Wildman–Crippen MR) is 79.9 cm³/mol. The van der Waals surface area contributed by atoms with E-state index in [0.29, 0.717) is 12.5 Å². The van der Waals surface area contributed by atoms with E-state index < -0.39 is 5.54 Å². The molecule has 0 unspecified atom stereocenters. The van der Waals surface area contributed by atoms with Crippen LogP contribution in [0.25, 0.3) is 0 Å². The van der Waals surface area contributed by atoms with E-state index >= 15 is 0 Å². The number of piperidine rings is 1. The Morgan fingerprint density at radius 3 is 2.60 bits per heavy atom. The van der Waals surface area contributed by atoms with Crippen molar-refractivity contribution in [3.8, 4) is 0 Å². The van der Waals surface area contributed by atoms with Crippen LogP contribution in [0, 0.1) is 0 Å². The van der Waals surface area contributed by atoms with Crippen LogP contribution in [0.15, 0.2) is 35.3 Å². The van der Waals surface area contributed by atoms with Crippen LogP contribution in [-0.2, 0) is 4.79 Å². The highest BCUT2D eigenvalue weighted by atomic mass is 16.2. The number of rotatable bonds is 2. The van der Waals surface area contributed by atoms with Crippen LogP contribution in [0.4, 0.5) is 5.69 Å². The quantitative estimate of drug-likeness (QED) is 0.848. The summed E-state index contributed by atoms with van der Waals surface area (Å²) in [5, 5.41) is 6.14. The number of para-hydroxylation sites is 1. The monoisotopic (exact) mass is 272 g/mol. The van der Waals surface area contributed by atoms with Gasteiger partial charge in [-0.25, -0.2) is 0 Å². The third-order valence-electron chi connectivity index (χ3n) is 4.08. The molecule has 2 N–H and O–H groups in total. The number of carbonyl (C=O) groups is 1. The van der Waals surface area contributed by atoms with Gasteiger partial charge in [0.1, 0.15) is 5.54 Å². The van der Waals surface area contributed by atoms with Crippen molar-refractivity contribution in [1.29, 1.82) is 0 Å². The Kier molecular flexibility index (Phi) is 3.34. The highest BCUT2D eigenvalue weighted by Gasteiger charge is 2.46. The zero-order chi connectivity index (χ0) is 14.0. The fourth-order valence-electron chi connectivity index (χ4n) is 2.92. The molecule has 2 fully saturated rings. The molecule has 0 aliphatic carbocycles. The van der Waals surface area contributed by atoms with Gasteiger partial charge < -0.3 is 10.2 Å². The zero-order valence-electron chi connectivity index (χ0n) is 11.7. The van der Waals surface area contributed by atoms with Crippen molar-refractivity contribution in [2.45, 2.75) is 25.3 Å². The first-order valence-electron chi connectivity index (χ1n) is 7.17. The van der Waals surface area contributed by atoms with Crippen LogP contribution in [0.1, 0.15) is 19.8 Å². The standard InChI is InChI=1S/C15H20N4O/c1-2-16-14-17-13(20)15(18-14)8-10-19(11-9-15)12-6-4-3-5-7-12/h3-7H,2,8-11H2,1H3,(H2,16,17,18,20). The number of nitrogens with zero attached hydrogens (tertiary/aromatic N) is 2. The highest BCUT2D eigenvalue weighted by molar-refractivity contribution is 6.09. The molecule has 2 saturated heterocycles. The third-order valence-corrected chi connectivity index (χ3v) is 4.08. The average molecular weight is 272 g/mol. The van der Waals surface area contributed by atoms with Crippen molar-refractivity contribution in [2.75, 3.05) is 24.5 Å². The first-order chi connectivity index (χ1) is 9.73. The molecule has 2 heterocycles. The van der Waals surface area contributed by atoms with Gasteiger partial charge in [-0.1, -0.05) is 18.2 Å². The van der Waals surface area contributed by atoms with Crippen LogP contribution in [-0.4, -0.2) is 37.0 Å². The van der Waals surface area contributed by atoms with Gasteiger partial charge in [-0.05, 0) is 31.9 Å². The van der Waals surface area contributed by atoms with Gasteiger partial charge >= 0.3 is 0 Å². The van der Waals surface area contributed by atoms with E-state index in [-0.39, 0.29) is 5.91 Å². The first-order valence-corrected chi connectivity index (χ1v) is 7.17. The minimum atomic E-state index is -0.459. The van der Waals surface area contributed by atoms with E-state index in [1.165, 1.54) is 5.69 Å².